The summed E-state index contributed by atoms with van der Waals surface area (Å²) in [6.45, 7) is 0.525. The monoisotopic (exact) mass is 304 g/mol. The lowest BCUT2D eigenvalue weighted by Gasteiger charge is -2.07. The minimum Gasteiger partial charge on any atom is -0.489 e. The fourth-order valence-electron chi connectivity index (χ4n) is 2.77. The SMILES string of the molecule is Cn1ccn2c(cc3ccc(OCc4ccccc4)cc32)c1=O. The van der Waals surface area contributed by atoms with Crippen LogP contribution in [0.1, 0.15) is 5.56 Å². The van der Waals surface area contributed by atoms with E-state index in [1.54, 1.807) is 17.8 Å². The standard InChI is InChI=1S/C19H16N2O2/c1-20-9-10-21-17-12-16(23-13-14-5-3-2-4-6-14)8-7-15(17)11-18(21)19(20)22/h2-12H,13H2,1H3. The predicted molar refractivity (Wildman–Crippen MR) is 90.9 cm³/mol. The van der Waals surface area contributed by atoms with Gasteiger partial charge in [0.2, 0.25) is 0 Å². The number of aromatic nitrogens is 2. The highest BCUT2D eigenvalue weighted by molar-refractivity contribution is 5.87. The summed E-state index contributed by atoms with van der Waals surface area (Å²) in [6.07, 6.45) is 3.67. The molecule has 0 aliphatic carbocycles. The maximum atomic E-state index is 12.2. The first-order chi connectivity index (χ1) is 11.2. The van der Waals surface area contributed by atoms with Gasteiger partial charge in [-0.15, -0.1) is 0 Å². The second kappa shape index (κ2) is 5.32. The predicted octanol–water partition coefficient (Wildman–Crippen LogP) is 3.37. The molecular formula is C19H16N2O2. The highest BCUT2D eigenvalue weighted by Gasteiger charge is 2.08. The molecule has 0 N–H and O–H groups in total. The third-order valence-electron chi connectivity index (χ3n) is 4.04. The van der Waals surface area contributed by atoms with Crippen molar-refractivity contribution in [2.45, 2.75) is 6.61 Å². The topological polar surface area (TPSA) is 35.6 Å². The zero-order valence-electron chi connectivity index (χ0n) is 12.8. The summed E-state index contributed by atoms with van der Waals surface area (Å²) in [4.78, 5) is 12.2. The summed E-state index contributed by atoms with van der Waals surface area (Å²) in [7, 11) is 1.76. The number of rotatable bonds is 3. The molecule has 0 bridgehead atoms. The molecule has 0 radical (unpaired) electrons. The minimum absolute atomic E-state index is 0.00421. The fourth-order valence-corrected chi connectivity index (χ4v) is 2.77. The Morgan fingerprint density at radius 3 is 2.61 bits per heavy atom. The van der Waals surface area contributed by atoms with Crippen LogP contribution >= 0.6 is 0 Å². The Hall–Kier alpha value is -3.01. The maximum Gasteiger partial charge on any atom is 0.274 e. The first kappa shape index (κ1) is 13.6. The molecule has 4 aromatic rings. The molecule has 2 aromatic heterocycles. The van der Waals surface area contributed by atoms with E-state index in [-0.39, 0.29) is 5.56 Å². The van der Waals surface area contributed by atoms with Crippen LogP contribution in [0.4, 0.5) is 0 Å². The molecule has 2 heterocycles. The highest BCUT2D eigenvalue weighted by Crippen LogP contribution is 2.24. The molecule has 0 atom stereocenters. The highest BCUT2D eigenvalue weighted by atomic mass is 16.5. The summed E-state index contributed by atoms with van der Waals surface area (Å²) in [5.74, 6) is 0.794. The Kier molecular flexibility index (Phi) is 3.15. The van der Waals surface area contributed by atoms with Gasteiger partial charge in [-0.1, -0.05) is 30.3 Å². The maximum absolute atomic E-state index is 12.2. The van der Waals surface area contributed by atoms with Gasteiger partial charge in [0.05, 0.1) is 5.52 Å². The van der Waals surface area contributed by atoms with E-state index in [9.17, 15) is 4.79 Å². The van der Waals surface area contributed by atoms with Gasteiger partial charge in [-0.05, 0) is 23.8 Å². The summed E-state index contributed by atoms with van der Waals surface area (Å²) in [6, 6.07) is 17.9. The van der Waals surface area contributed by atoms with Gasteiger partial charge in [0.25, 0.3) is 5.56 Å². The molecule has 4 nitrogen and oxygen atoms in total. The zero-order valence-corrected chi connectivity index (χ0v) is 12.8. The second-order valence-electron chi connectivity index (χ2n) is 5.61. The second-order valence-corrected chi connectivity index (χ2v) is 5.61. The molecule has 0 unspecified atom stereocenters. The van der Waals surface area contributed by atoms with Gasteiger partial charge in [-0.3, -0.25) is 4.79 Å². The molecular weight excluding hydrogens is 288 g/mol. The van der Waals surface area contributed by atoms with E-state index in [1.807, 2.05) is 65.2 Å². The molecule has 0 aliphatic rings. The third kappa shape index (κ3) is 2.38. The van der Waals surface area contributed by atoms with Crippen molar-refractivity contribution < 1.29 is 4.74 Å². The van der Waals surface area contributed by atoms with E-state index in [1.165, 1.54) is 0 Å². The number of benzene rings is 2. The third-order valence-corrected chi connectivity index (χ3v) is 4.04. The first-order valence-corrected chi connectivity index (χ1v) is 7.49. The fraction of sp³-hybridized carbons (Fsp3) is 0.105. The largest absolute Gasteiger partial charge is 0.489 e. The smallest absolute Gasteiger partial charge is 0.274 e. The molecule has 0 aliphatic heterocycles. The Labute approximate surface area is 133 Å². The number of ether oxygens (including phenoxy) is 1. The van der Waals surface area contributed by atoms with E-state index in [0.29, 0.717) is 12.1 Å². The van der Waals surface area contributed by atoms with Gasteiger partial charge in [-0.2, -0.15) is 0 Å². The molecule has 0 saturated carbocycles. The summed E-state index contributed by atoms with van der Waals surface area (Å²) in [5.41, 5.74) is 2.77. The molecule has 0 saturated heterocycles. The van der Waals surface area contributed by atoms with Gasteiger partial charge in [-0.25, -0.2) is 0 Å². The van der Waals surface area contributed by atoms with Gasteiger partial charge in [0.1, 0.15) is 17.9 Å². The molecule has 2 aromatic carbocycles. The van der Waals surface area contributed by atoms with Crippen LogP contribution in [0.2, 0.25) is 0 Å². The molecule has 23 heavy (non-hydrogen) atoms. The lowest BCUT2D eigenvalue weighted by molar-refractivity contribution is 0.306. The Morgan fingerprint density at radius 1 is 0.957 bits per heavy atom. The van der Waals surface area contributed by atoms with Crippen molar-refractivity contribution in [1.29, 1.82) is 0 Å². The molecule has 4 heteroatoms. The summed E-state index contributed by atoms with van der Waals surface area (Å²) >= 11 is 0. The number of fused-ring (bicyclic) bond motifs is 3. The molecule has 0 spiro atoms. The average molecular weight is 304 g/mol. The number of hydrogen-bond donors (Lipinski definition) is 0. The van der Waals surface area contributed by atoms with Gasteiger partial charge in [0, 0.05) is 30.9 Å². The van der Waals surface area contributed by atoms with Crippen molar-refractivity contribution >= 4 is 16.4 Å². The normalized spacial score (nSPS) is 11.2. The summed E-state index contributed by atoms with van der Waals surface area (Å²) in [5, 5.41) is 1.03. The lowest BCUT2D eigenvalue weighted by atomic mass is 10.2. The van der Waals surface area contributed by atoms with Crippen molar-refractivity contribution in [3.05, 3.63) is 82.9 Å². The van der Waals surface area contributed by atoms with E-state index < -0.39 is 0 Å². The van der Waals surface area contributed by atoms with Gasteiger partial charge < -0.3 is 13.7 Å². The molecule has 4 rings (SSSR count). The lowest BCUT2D eigenvalue weighted by Crippen LogP contribution is -2.17. The van der Waals surface area contributed by atoms with Crippen LogP contribution < -0.4 is 10.3 Å². The minimum atomic E-state index is -0.00421. The van der Waals surface area contributed by atoms with Crippen LogP contribution in [-0.2, 0) is 13.7 Å². The van der Waals surface area contributed by atoms with E-state index in [2.05, 4.69) is 0 Å². The zero-order chi connectivity index (χ0) is 15.8. The van der Waals surface area contributed by atoms with Crippen molar-refractivity contribution in [3.63, 3.8) is 0 Å². The average Bonchev–Trinajstić information content (AvgIpc) is 2.96. The summed E-state index contributed by atoms with van der Waals surface area (Å²) < 4.78 is 9.37. The van der Waals surface area contributed by atoms with Crippen LogP contribution in [0.3, 0.4) is 0 Å². The van der Waals surface area contributed by atoms with Crippen LogP contribution in [0.25, 0.3) is 16.4 Å². The van der Waals surface area contributed by atoms with Crippen LogP contribution in [-0.4, -0.2) is 8.97 Å². The number of aryl methyl sites for hydroxylation is 1. The van der Waals surface area contributed by atoms with Gasteiger partial charge >= 0.3 is 0 Å². The van der Waals surface area contributed by atoms with Crippen molar-refractivity contribution in [1.82, 2.24) is 8.97 Å². The van der Waals surface area contributed by atoms with Crippen LogP contribution in [0.5, 0.6) is 5.75 Å². The molecule has 0 amide bonds. The van der Waals surface area contributed by atoms with Crippen molar-refractivity contribution in [2.24, 2.45) is 7.05 Å². The number of nitrogens with zero attached hydrogens (tertiary/aromatic N) is 2. The molecule has 114 valence electrons. The van der Waals surface area contributed by atoms with Crippen molar-refractivity contribution in [2.75, 3.05) is 0 Å². The van der Waals surface area contributed by atoms with Gasteiger partial charge in [0.15, 0.2) is 0 Å². The Balaban J connectivity index is 1.74. The molecule has 0 fully saturated rings. The Bertz CT molecular complexity index is 1050. The number of hydrogen-bond acceptors (Lipinski definition) is 2. The van der Waals surface area contributed by atoms with Crippen molar-refractivity contribution in [3.8, 4) is 5.75 Å². The van der Waals surface area contributed by atoms with E-state index >= 15 is 0 Å². The Morgan fingerprint density at radius 2 is 1.78 bits per heavy atom. The van der Waals surface area contributed by atoms with E-state index in [0.717, 1.165) is 22.2 Å². The van der Waals surface area contributed by atoms with Crippen LogP contribution in [0.15, 0.2) is 71.8 Å². The quantitative estimate of drug-likeness (QED) is 0.582. The van der Waals surface area contributed by atoms with E-state index in [4.69, 9.17) is 4.74 Å². The van der Waals surface area contributed by atoms with Crippen LogP contribution in [0, 0.1) is 0 Å². The first-order valence-electron chi connectivity index (χ1n) is 7.49.